The second-order valence-corrected chi connectivity index (χ2v) is 2.68. The minimum Gasteiger partial charge on any atom is -0.302 e. The van der Waals surface area contributed by atoms with Gasteiger partial charge in [-0.1, -0.05) is 6.42 Å². The average Bonchev–Trinajstić information content (AvgIpc) is 1.89. The highest BCUT2D eigenvalue weighted by molar-refractivity contribution is 5.57. The molecule has 0 amide bonds. The van der Waals surface area contributed by atoms with Crippen molar-refractivity contribution in [2.24, 2.45) is 0 Å². The predicted molar refractivity (Wildman–Crippen MR) is 36.3 cm³/mol. The summed E-state index contributed by atoms with van der Waals surface area (Å²) in [4.78, 5) is 12.5. The molecule has 1 atom stereocenters. The van der Waals surface area contributed by atoms with Crippen LogP contribution < -0.4 is 0 Å². The van der Waals surface area contributed by atoms with Crippen molar-refractivity contribution in [3.05, 3.63) is 0 Å². The molecule has 0 N–H and O–H groups in total. The second kappa shape index (κ2) is 2.97. The van der Waals surface area contributed by atoms with Crippen LogP contribution in [-0.2, 0) is 4.79 Å². The van der Waals surface area contributed by atoms with E-state index in [0.29, 0.717) is 0 Å². The summed E-state index contributed by atoms with van der Waals surface area (Å²) < 4.78 is 0. The van der Waals surface area contributed by atoms with E-state index >= 15 is 0 Å². The molecule has 0 aromatic carbocycles. The lowest BCUT2D eigenvalue weighted by Crippen LogP contribution is -2.37. The van der Waals surface area contributed by atoms with Crippen molar-refractivity contribution in [3.63, 3.8) is 0 Å². The summed E-state index contributed by atoms with van der Waals surface area (Å²) in [7, 11) is 2.01. The Hall–Kier alpha value is -0.370. The fourth-order valence-corrected chi connectivity index (χ4v) is 1.27. The van der Waals surface area contributed by atoms with Gasteiger partial charge in [-0.2, -0.15) is 0 Å². The maximum atomic E-state index is 10.3. The van der Waals surface area contributed by atoms with Gasteiger partial charge in [0.2, 0.25) is 0 Å². The van der Waals surface area contributed by atoms with E-state index in [4.69, 9.17) is 0 Å². The first kappa shape index (κ1) is 6.75. The van der Waals surface area contributed by atoms with Crippen LogP contribution >= 0.6 is 0 Å². The van der Waals surface area contributed by atoms with Crippen LogP contribution in [0.5, 0.6) is 0 Å². The van der Waals surface area contributed by atoms with Crippen molar-refractivity contribution in [2.45, 2.75) is 25.3 Å². The van der Waals surface area contributed by atoms with Crippen LogP contribution in [0.15, 0.2) is 0 Å². The van der Waals surface area contributed by atoms with Crippen LogP contribution in [0.2, 0.25) is 0 Å². The molecule has 0 aromatic rings. The van der Waals surface area contributed by atoms with Gasteiger partial charge in [0.05, 0.1) is 6.04 Å². The van der Waals surface area contributed by atoms with Gasteiger partial charge in [-0.3, -0.25) is 4.90 Å². The third-order valence-electron chi connectivity index (χ3n) is 1.98. The normalized spacial score (nSPS) is 30.1. The van der Waals surface area contributed by atoms with E-state index < -0.39 is 0 Å². The molecular weight excluding hydrogens is 114 g/mol. The Morgan fingerprint density at radius 1 is 1.56 bits per heavy atom. The van der Waals surface area contributed by atoms with Crippen LogP contribution in [-0.4, -0.2) is 30.8 Å². The van der Waals surface area contributed by atoms with Gasteiger partial charge >= 0.3 is 0 Å². The van der Waals surface area contributed by atoms with Crippen LogP contribution in [0.4, 0.5) is 0 Å². The molecule has 1 aliphatic rings. The smallest absolute Gasteiger partial charge is 0.137 e. The summed E-state index contributed by atoms with van der Waals surface area (Å²) in [6.45, 7) is 1.09. The van der Waals surface area contributed by atoms with Gasteiger partial charge in [0.25, 0.3) is 0 Å². The van der Waals surface area contributed by atoms with Crippen molar-refractivity contribution >= 4 is 6.29 Å². The zero-order chi connectivity index (χ0) is 6.69. The Morgan fingerprint density at radius 2 is 2.33 bits per heavy atom. The van der Waals surface area contributed by atoms with E-state index in [2.05, 4.69) is 4.90 Å². The molecule has 0 saturated carbocycles. The quantitative estimate of drug-likeness (QED) is 0.482. The van der Waals surface area contributed by atoms with E-state index in [0.717, 1.165) is 19.3 Å². The maximum absolute atomic E-state index is 10.3. The number of likely N-dealkylation sites (tertiary alicyclic amines) is 1. The second-order valence-electron chi connectivity index (χ2n) is 2.68. The summed E-state index contributed by atoms with van der Waals surface area (Å²) in [6, 6.07) is 0.207. The first-order chi connectivity index (χ1) is 4.34. The molecule has 2 nitrogen and oxygen atoms in total. The van der Waals surface area contributed by atoms with E-state index in [1.807, 2.05) is 7.05 Å². The zero-order valence-corrected chi connectivity index (χ0v) is 5.84. The van der Waals surface area contributed by atoms with E-state index in [-0.39, 0.29) is 6.04 Å². The molecule has 2 heteroatoms. The molecular formula is C7H13NO. The number of aldehydes is 1. The van der Waals surface area contributed by atoms with Crippen LogP contribution in [0.1, 0.15) is 19.3 Å². The average molecular weight is 127 g/mol. The molecule has 0 aromatic heterocycles. The molecule has 1 fully saturated rings. The molecule has 52 valence electrons. The molecule has 9 heavy (non-hydrogen) atoms. The first-order valence-electron chi connectivity index (χ1n) is 3.50. The summed E-state index contributed by atoms with van der Waals surface area (Å²) in [5, 5.41) is 0. The monoisotopic (exact) mass is 127 g/mol. The van der Waals surface area contributed by atoms with Crippen molar-refractivity contribution < 1.29 is 4.79 Å². The molecule has 0 spiro atoms. The third kappa shape index (κ3) is 1.52. The van der Waals surface area contributed by atoms with Gasteiger partial charge < -0.3 is 4.79 Å². The predicted octanol–water partition coefficient (Wildman–Crippen LogP) is 0.670. The summed E-state index contributed by atoms with van der Waals surface area (Å²) in [5.74, 6) is 0. The molecule has 0 aliphatic carbocycles. The number of hydrogen-bond acceptors (Lipinski definition) is 2. The minimum atomic E-state index is 0.207. The molecule has 0 bridgehead atoms. The minimum absolute atomic E-state index is 0.207. The zero-order valence-electron chi connectivity index (χ0n) is 5.84. The van der Waals surface area contributed by atoms with E-state index in [9.17, 15) is 4.79 Å². The van der Waals surface area contributed by atoms with Crippen LogP contribution in [0, 0.1) is 0 Å². The Morgan fingerprint density at radius 3 is 2.78 bits per heavy atom. The fraction of sp³-hybridized carbons (Fsp3) is 0.857. The Kier molecular flexibility index (Phi) is 2.22. The number of hydrogen-bond donors (Lipinski definition) is 0. The molecule has 0 radical (unpaired) electrons. The lowest BCUT2D eigenvalue weighted by atomic mass is 10.0. The van der Waals surface area contributed by atoms with Gasteiger partial charge in [-0.05, 0) is 26.4 Å². The Bertz CT molecular complexity index is 103. The molecule has 1 unspecified atom stereocenters. The molecule has 1 rings (SSSR count). The van der Waals surface area contributed by atoms with E-state index in [1.54, 1.807) is 0 Å². The molecule has 1 saturated heterocycles. The van der Waals surface area contributed by atoms with Crippen molar-refractivity contribution in [2.75, 3.05) is 13.6 Å². The molecule has 1 aliphatic heterocycles. The maximum Gasteiger partial charge on any atom is 0.137 e. The largest absolute Gasteiger partial charge is 0.302 e. The highest BCUT2D eigenvalue weighted by atomic mass is 16.1. The van der Waals surface area contributed by atoms with Crippen LogP contribution in [0.25, 0.3) is 0 Å². The SMILES string of the molecule is CN1CCCCC1C=O. The first-order valence-corrected chi connectivity index (χ1v) is 3.50. The van der Waals surface area contributed by atoms with Gasteiger partial charge in [0.15, 0.2) is 0 Å². The molecule has 1 heterocycles. The van der Waals surface area contributed by atoms with E-state index in [1.165, 1.54) is 12.8 Å². The summed E-state index contributed by atoms with van der Waals surface area (Å²) in [6.07, 6.45) is 4.58. The van der Waals surface area contributed by atoms with Gasteiger partial charge in [-0.25, -0.2) is 0 Å². The van der Waals surface area contributed by atoms with Crippen LogP contribution in [0.3, 0.4) is 0 Å². The lowest BCUT2D eigenvalue weighted by molar-refractivity contribution is -0.112. The Balaban J connectivity index is 2.38. The number of nitrogens with zero attached hydrogens (tertiary/aromatic N) is 1. The number of rotatable bonds is 1. The highest BCUT2D eigenvalue weighted by Crippen LogP contribution is 2.12. The number of likely N-dealkylation sites (N-methyl/N-ethyl adjacent to an activating group) is 1. The topological polar surface area (TPSA) is 20.3 Å². The number of carbonyl (C=O) groups excluding carboxylic acids is 1. The number of carbonyl (C=O) groups is 1. The lowest BCUT2D eigenvalue weighted by Gasteiger charge is -2.27. The fourth-order valence-electron chi connectivity index (χ4n) is 1.27. The van der Waals surface area contributed by atoms with Crippen molar-refractivity contribution in [1.29, 1.82) is 0 Å². The number of piperidine rings is 1. The third-order valence-corrected chi connectivity index (χ3v) is 1.98. The van der Waals surface area contributed by atoms with Gasteiger partial charge in [0, 0.05) is 0 Å². The van der Waals surface area contributed by atoms with Crippen molar-refractivity contribution in [1.82, 2.24) is 4.90 Å². The van der Waals surface area contributed by atoms with Crippen molar-refractivity contribution in [3.8, 4) is 0 Å². The Labute approximate surface area is 55.8 Å². The summed E-state index contributed by atoms with van der Waals surface area (Å²) >= 11 is 0. The standard InChI is InChI=1S/C7H13NO/c1-8-5-3-2-4-7(8)6-9/h6-7H,2-5H2,1H3. The van der Waals surface area contributed by atoms with Gasteiger partial charge in [0.1, 0.15) is 6.29 Å². The summed E-state index contributed by atoms with van der Waals surface area (Å²) in [5.41, 5.74) is 0. The van der Waals surface area contributed by atoms with Gasteiger partial charge in [-0.15, -0.1) is 0 Å². The highest BCUT2D eigenvalue weighted by Gasteiger charge is 2.16.